The molecule has 0 spiro atoms. The maximum atomic E-state index is 12.8. The number of pyridine rings is 1. The Labute approximate surface area is 173 Å². The van der Waals surface area contributed by atoms with Crippen LogP contribution in [0.25, 0.3) is 0 Å². The number of hydrogen-bond donors (Lipinski definition) is 0. The number of likely N-dealkylation sites (tertiary alicyclic amines) is 1. The van der Waals surface area contributed by atoms with Gasteiger partial charge in [0.15, 0.2) is 5.78 Å². The number of hydrogen-bond acceptors (Lipinski definition) is 4. The molecule has 0 N–H and O–H groups in total. The maximum absolute atomic E-state index is 12.8. The number of aromatic nitrogens is 1. The average Bonchev–Trinajstić information content (AvgIpc) is 3.21. The van der Waals surface area contributed by atoms with Crippen LogP contribution < -0.4 is 0 Å². The second-order valence-electron chi connectivity index (χ2n) is 8.69. The number of ether oxygens (including phenoxy) is 1. The molecule has 1 amide bonds. The van der Waals surface area contributed by atoms with Gasteiger partial charge in [-0.05, 0) is 41.4 Å². The summed E-state index contributed by atoms with van der Waals surface area (Å²) in [5, 5.41) is 0. The van der Waals surface area contributed by atoms with Crippen molar-refractivity contribution >= 4 is 11.9 Å². The molecule has 1 atom stereocenters. The summed E-state index contributed by atoms with van der Waals surface area (Å²) < 4.78 is 5.43. The van der Waals surface area contributed by atoms with Gasteiger partial charge in [0.2, 0.25) is 0 Å². The van der Waals surface area contributed by atoms with Gasteiger partial charge in [0, 0.05) is 25.4 Å². The quantitative estimate of drug-likeness (QED) is 0.714. The first kappa shape index (κ1) is 21.0. The van der Waals surface area contributed by atoms with Gasteiger partial charge >= 0.3 is 6.09 Å². The lowest BCUT2D eigenvalue weighted by atomic mass is 9.87. The van der Waals surface area contributed by atoms with Crippen LogP contribution in [0, 0.1) is 0 Å². The predicted molar refractivity (Wildman–Crippen MR) is 113 cm³/mol. The van der Waals surface area contributed by atoms with Crippen LogP contribution in [0.5, 0.6) is 0 Å². The molecule has 1 fully saturated rings. The maximum Gasteiger partial charge on any atom is 0.410 e. The Morgan fingerprint density at radius 3 is 2.62 bits per heavy atom. The Bertz CT molecular complexity index is 843. The molecule has 0 aliphatic carbocycles. The van der Waals surface area contributed by atoms with Crippen molar-refractivity contribution in [2.24, 2.45) is 0 Å². The van der Waals surface area contributed by atoms with Crippen LogP contribution in [0.1, 0.15) is 56.7 Å². The number of carbonyl (C=O) groups is 2. The van der Waals surface area contributed by atoms with Crippen LogP contribution in [0.2, 0.25) is 0 Å². The Balaban J connectivity index is 1.55. The summed E-state index contributed by atoms with van der Waals surface area (Å²) in [6.45, 7) is 7.25. The van der Waals surface area contributed by atoms with Crippen molar-refractivity contribution in [2.75, 3.05) is 6.54 Å². The van der Waals surface area contributed by atoms with E-state index >= 15 is 0 Å². The minimum atomic E-state index is -0.402. The lowest BCUT2D eigenvalue weighted by Crippen LogP contribution is -2.40. The summed E-state index contributed by atoms with van der Waals surface area (Å²) in [4.78, 5) is 31.2. The van der Waals surface area contributed by atoms with E-state index < -0.39 is 6.09 Å². The first-order valence-corrected chi connectivity index (χ1v) is 10.3. The van der Waals surface area contributed by atoms with E-state index in [1.165, 1.54) is 0 Å². The molecule has 1 aromatic carbocycles. The van der Waals surface area contributed by atoms with Gasteiger partial charge in [0.25, 0.3) is 0 Å². The van der Waals surface area contributed by atoms with Crippen LogP contribution in [-0.4, -0.2) is 34.3 Å². The number of aryl methyl sites for hydroxylation is 1. The van der Waals surface area contributed by atoms with Gasteiger partial charge in [0.1, 0.15) is 6.61 Å². The first-order valence-electron chi connectivity index (χ1n) is 10.3. The predicted octanol–water partition coefficient (Wildman–Crippen LogP) is 4.68. The molecule has 3 rings (SSSR count). The minimum Gasteiger partial charge on any atom is -0.445 e. The lowest BCUT2D eigenvalue weighted by Gasteiger charge is -2.23. The smallest absolute Gasteiger partial charge is 0.410 e. The average molecular weight is 395 g/mol. The van der Waals surface area contributed by atoms with E-state index in [2.05, 4.69) is 31.8 Å². The summed E-state index contributed by atoms with van der Waals surface area (Å²) in [7, 11) is 0. The van der Waals surface area contributed by atoms with Crippen molar-refractivity contribution in [2.45, 2.75) is 64.5 Å². The topological polar surface area (TPSA) is 59.5 Å². The van der Waals surface area contributed by atoms with Gasteiger partial charge in [-0.15, -0.1) is 0 Å². The summed E-state index contributed by atoms with van der Waals surface area (Å²) >= 11 is 0. The van der Waals surface area contributed by atoms with Crippen molar-refractivity contribution in [1.29, 1.82) is 0 Å². The molecule has 1 aromatic heterocycles. The summed E-state index contributed by atoms with van der Waals surface area (Å²) in [5.41, 5.74) is 3.18. The third-order valence-electron chi connectivity index (χ3n) is 5.39. The zero-order valence-corrected chi connectivity index (χ0v) is 17.6. The molecule has 0 saturated carbocycles. The fourth-order valence-corrected chi connectivity index (χ4v) is 3.59. The molecule has 0 radical (unpaired) electrons. The van der Waals surface area contributed by atoms with E-state index in [4.69, 9.17) is 4.74 Å². The molecular formula is C24H30N2O3. The number of benzene rings is 1. The molecule has 1 aliphatic heterocycles. The van der Waals surface area contributed by atoms with Crippen LogP contribution in [-0.2, 0) is 28.0 Å². The first-order chi connectivity index (χ1) is 13.8. The molecule has 154 valence electrons. The van der Waals surface area contributed by atoms with E-state index in [1.54, 1.807) is 4.90 Å². The van der Waals surface area contributed by atoms with E-state index in [0.717, 1.165) is 23.1 Å². The Kier molecular flexibility index (Phi) is 6.68. The van der Waals surface area contributed by atoms with Crippen LogP contribution >= 0.6 is 0 Å². The van der Waals surface area contributed by atoms with Gasteiger partial charge in [-0.2, -0.15) is 0 Å². The van der Waals surface area contributed by atoms with Gasteiger partial charge in [-0.25, -0.2) is 4.79 Å². The molecule has 1 saturated heterocycles. The number of nitrogens with zero attached hydrogens (tertiary/aromatic N) is 2. The van der Waals surface area contributed by atoms with Crippen molar-refractivity contribution in [3.05, 3.63) is 65.5 Å². The molecule has 5 nitrogen and oxygen atoms in total. The standard InChI is InChI=1S/C24H30N2O3/c1-24(2,3)20-14-19(15-25-16-20)11-12-22(27)21-10-7-13-26(21)23(28)29-17-18-8-5-4-6-9-18/h4-6,8-9,14-16,21H,7,10-13,17H2,1-3H3/t21-/m0/s1. The fraction of sp³-hybridized carbons (Fsp3) is 0.458. The normalized spacial score (nSPS) is 16.7. The molecule has 29 heavy (non-hydrogen) atoms. The van der Waals surface area contributed by atoms with E-state index in [9.17, 15) is 9.59 Å². The summed E-state index contributed by atoms with van der Waals surface area (Å²) in [5.74, 6) is 0.0975. The van der Waals surface area contributed by atoms with Gasteiger partial charge in [0.05, 0.1) is 6.04 Å². The second kappa shape index (κ2) is 9.21. The van der Waals surface area contributed by atoms with Crippen molar-refractivity contribution in [3.63, 3.8) is 0 Å². The monoisotopic (exact) mass is 394 g/mol. The zero-order valence-electron chi connectivity index (χ0n) is 17.6. The lowest BCUT2D eigenvalue weighted by molar-refractivity contribution is -0.123. The highest BCUT2D eigenvalue weighted by molar-refractivity contribution is 5.88. The van der Waals surface area contributed by atoms with E-state index in [0.29, 0.717) is 25.8 Å². The van der Waals surface area contributed by atoms with Crippen molar-refractivity contribution in [1.82, 2.24) is 9.88 Å². The highest BCUT2D eigenvalue weighted by Gasteiger charge is 2.34. The Morgan fingerprint density at radius 1 is 1.14 bits per heavy atom. The van der Waals surface area contributed by atoms with Gasteiger partial charge < -0.3 is 4.74 Å². The van der Waals surface area contributed by atoms with Crippen LogP contribution in [0.3, 0.4) is 0 Å². The van der Waals surface area contributed by atoms with E-state index in [1.807, 2.05) is 42.7 Å². The Hall–Kier alpha value is -2.69. The molecule has 2 aromatic rings. The van der Waals surface area contributed by atoms with Gasteiger partial charge in [-0.1, -0.05) is 57.2 Å². The molecule has 2 heterocycles. The van der Waals surface area contributed by atoms with Crippen LogP contribution in [0.4, 0.5) is 4.79 Å². The summed E-state index contributed by atoms with van der Waals surface area (Å²) in [6, 6.07) is 11.3. The Morgan fingerprint density at radius 2 is 1.90 bits per heavy atom. The number of rotatable bonds is 6. The van der Waals surface area contributed by atoms with Crippen molar-refractivity contribution in [3.8, 4) is 0 Å². The highest BCUT2D eigenvalue weighted by Crippen LogP contribution is 2.24. The third kappa shape index (κ3) is 5.66. The molecular weight excluding hydrogens is 364 g/mol. The van der Waals surface area contributed by atoms with Gasteiger partial charge in [-0.3, -0.25) is 14.7 Å². The number of carbonyl (C=O) groups excluding carboxylic acids is 2. The number of ketones is 1. The molecule has 0 bridgehead atoms. The third-order valence-corrected chi connectivity index (χ3v) is 5.39. The van der Waals surface area contributed by atoms with E-state index in [-0.39, 0.29) is 23.8 Å². The number of Topliss-reactive ketones (excluding diaryl/α,β-unsaturated/α-hetero) is 1. The van der Waals surface area contributed by atoms with Crippen LogP contribution in [0.15, 0.2) is 48.8 Å². The zero-order chi connectivity index (χ0) is 20.9. The summed E-state index contributed by atoms with van der Waals surface area (Å²) in [6.07, 6.45) is 5.88. The second-order valence-corrected chi connectivity index (χ2v) is 8.69. The fourth-order valence-electron chi connectivity index (χ4n) is 3.59. The largest absolute Gasteiger partial charge is 0.445 e. The minimum absolute atomic E-state index is 0.0256. The highest BCUT2D eigenvalue weighted by atomic mass is 16.6. The molecule has 1 aliphatic rings. The molecule has 5 heteroatoms. The number of amides is 1. The molecule has 0 unspecified atom stereocenters. The van der Waals surface area contributed by atoms with Crippen molar-refractivity contribution < 1.29 is 14.3 Å². The SMILES string of the molecule is CC(C)(C)c1cncc(CCC(=O)[C@@H]2CCCN2C(=O)OCc2ccccc2)c1.